The Morgan fingerprint density at radius 1 is 1.03 bits per heavy atom. The van der Waals surface area contributed by atoms with Gasteiger partial charge in [-0.2, -0.15) is 0 Å². The Kier molecular flexibility index (Phi) is 6.80. The molecular formula is C26H32N4O4S. The van der Waals surface area contributed by atoms with Crippen molar-refractivity contribution in [2.24, 2.45) is 0 Å². The maximum Gasteiger partial charge on any atom is 0.264 e. The summed E-state index contributed by atoms with van der Waals surface area (Å²) in [4.78, 5) is 37.1. The molecule has 2 aromatic heterocycles. The van der Waals surface area contributed by atoms with Gasteiger partial charge in [0.15, 0.2) is 11.5 Å². The highest BCUT2D eigenvalue weighted by Crippen LogP contribution is 2.30. The van der Waals surface area contributed by atoms with Gasteiger partial charge in [0.25, 0.3) is 11.5 Å². The molecule has 0 spiro atoms. The normalized spacial score (nSPS) is 16.7. The average molecular weight is 497 g/mol. The van der Waals surface area contributed by atoms with E-state index in [1.165, 1.54) is 11.3 Å². The van der Waals surface area contributed by atoms with E-state index >= 15 is 0 Å². The molecule has 1 fully saturated rings. The molecule has 2 aliphatic rings. The van der Waals surface area contributed by atoms with E-state index < -0.39 is 0 Å². The lowest BCUT2D eigenvalue weighted by atomic mass is 10.1. The third kappa shape index (κ3) is 4.54. The molecule has 1 aromatic carbocycles. The lowest BCUT2D eigenvalue weighted by Crippen LogP contribution is -2.48. The Morgan fingerprint density at radius 2 is 1.80 bits per heavy atom. The summed E-state index contributed by atoms with van der Waals surface area (Å²) in [7, 11) is 3.27. The lowest BCUT2D eigenvalue weighted by Gasteiger charge is -2.34. The number of piperazine rings is 1. The lowest BCUT2D eigenvalue weighted by molar-refractivity contribution is 0.0632. The molecule has 4 heterocycles. The van der Waals surface area contributed by atoms with Crippen LogP contribution in [0.15, 0.2) is 23.0 Å². The smallest absolute Gasteiger partial charge is 0.264 e. The number of rotatable bonds is 5. The van der Waals surface area contributed by atoms with Crippen molar-refractivity contribution in [2.45, 2.75) is 45.7 Å². The summed E-state index contributed by atoms with van der Waals surface area (Å²) in [5.74, 6) is 2.32. The summed E-state index contributed by atoms with van der Waals surface area (Å²) >= 11 is 1.38. The first-order valence-electron chi connectivity index (χ1n) is 12.3. The Bertz CT molecular complexity index is 1310. The highest BCUT2D eigenvalue weighted by atomic mass is 32.1. The molecule has 0 unspecified atom stereocenters. The number of thiophene rings is 1. The van der Waals surface area contributed by atoms with E-state index in [2.05, 4.69) is 4.90 Å². The van der Waals surface area contributed by atoms with Gasteiger partial charge in [0.1, 0.15) is 10.7 Å². The number of hydrogen-bond acceptors (Lipinski definition) is 7. The zero-order valence-electron chi connectivity index (χ0n) is 20.6. The monoisotopic (exact) mass is 496 g/mol. The number of amides is 1. The van der Waals surface area contributed by atoms with Crippen LogP contribution in [0.1, 0.15) is 45.9 Å². The van der Waals surface area contributed by atoms with Crippen molar-refractivity contribution < 1.29 is 14.3 Å². The second-order valence-corrected chi connectivity index (χ2v) is 10.3. The fourth-order valence-electron chi connectivity index (χ4n) is 5.10. The number of benzene rings is 1. The Hall–Kier alpha value is -2.91. The molecular weight excluding hydrogens is 464 g/mol. The number of hydrogen-bond donors (Lipinski definition) is 0. The number of aromatic nitrogens is 2. The predicted octanol–water partition coefficient (Wildman–Crippen LogP) is 3.47. The van der Waals surface area contributed by atoms with Gasteiger partial charge in [0.2, 0.25) is 0 Å². The molecule has 1 amide bonds. The minimum Gasteiger partial charge on any atom is -0.493 e. The molecule has 35 heavy (non-hydrogen) atoms. The molecule has 0 atom stereocenters. The van der Waals surface area contributed by atoms with Gasteiger partial charge in [0.05, 0.1) is 24.5 Å². The molecule has 0 bridgehead atoms. The van der Waals surface area contributed by atoms with Gasteiger partial charge in [-0.05, 0) is 43.0 Å². The Balaban J connectivity index is 1.30. The molecule has 9 heteroatoms. The fourth-order valence-corrected chi connectivity index (χ4v) is 6.26. The first kappa shape index (κ1) is 23.8. The Morgan fingerprint density at radius 3 is 2.54 bits per heavy atom. The summed E-state index contributed by atoms with van der Waals surface area (Å²) < 4.78 is 12.6. The van der Waals surface area contributed by atoms with Crippen LogP contribution in [0.25, 0.3) is 10.2 Å². The third-order valence-electron chi connectivity index (χ3n) is 7.12. The van der Waals surface area contributed by atoms with Crippen LogP contribution in [-0.4, -0.2) is 65.7 Å². The second-order valence-electron chi connectivity index (χ2n) is 9.29. The number of aryl methyl sites for hydroxylation is 2. The molecule has 5 rings (SSSR count). The molecule has 0 N–H and O–H groups in total. The summed E-state index contributed by atoms with van der Waals surface area (Å²) in [5.41, 5.74) is 1.94. The first-order chi connectivity index (χ1) is 17.0. The minimum atomic E-state index is 0.0101. The molecule has 0 radical (unpaired) electrons. The highest BCUT2D eigenvalue weighted by molar-refractivity contribution is 7.20. The van der Waals surface area contributed by atoms with Gasteiger partial charge in [-0.25, -0.2) is 4.98 Å². The predicted molar refractivity (Wildman–Crippen MR) is 137 cm³/mol. The van der Waals surface area contributed by atoms with Gasteiger partial charge in [0, 0.05) is 45.7 Å². The topological polar surface area (TPSA) is 76.9 Å². The number of fused-ring (bicyclic) bond motifs is 2. The highest BCUT2D eigenvalue weighted by Gasteiger charge is 2.27. The first-order valence-corrected chi connectivity index (χ1v) is 13.1. The van der Waals surface area contributed by atoms with E-state index in [9.17, 15) is 9.59 Å². The van der Waals surface area contributed by atoms with Crippen LogP contribution in [0.4, 0.5) is 0 Å². The molecule has 0 aliphatic carbocycles. The van der Waals surface area contributed by atoms with Crippen LogP contribution in [0, 0.1) is 6.92 Å². The molecule has 8 nitrogen and oxygen atoms in total. The maximum atomic E-state index is 13.4. The van der Waals surface area contributed by atoms with Crippen LogP contribution < -0.4 is 15.0 Å². The van der Waals surface area contributed by atoms with Crippen molar-refractivity contribution >= 4 is 27.5 Å². The van der Waals surface area contributed by atoms with E-state index in [0.29, 0.717) is 28.2 Å². The van der Waals surface area contributed by atoms with Crippen LogP contribution in [0.5, 0.6) is 11.5 Å². The summed E-state index contributed by atoms with van der Waals surface area (Å²) in [6.07, 6.45) is 4.01. The molecule has 186 valence electrons. The summed E-state index contributed by atoms with van der Waals surface area (Å²) in [6, 6.07) is 5.98. The summed E-state index contributed by atoms with van der Waals surface area (Å²) in [6.45, 7) is 6.30. The fraction of sp³-hybridized carbons (Fsp3) is 0.500. The standard InChI is InChI=1S/C26H32N4O4S/c1-17-22-24(27-21-7-5-4-6-10-30(21)25(22)31)35-23(17)26(32)29-13-11-28(12-14-29)16-18-8-9-19(33-2)20(15-18)34-3/h8-9,15H,4-7,10-14,16H2,1-3H3. The average Bonchev–Trinajstić information content (AvgIpc) is 3.03. The number of ether oxygens (including phenoxy) is 2. The summed E-state index contributed by atoms with van der Waals surface area (Å²) in [5, 5.41) is 0.621. The quantitative estimate of drug-likeness (QED) is 0.538. The SMILES string of the molecule is COc1ccc(CN2CCN(C(=O)c3sc4nc5n(c(=O)c4c3C)CCCCC5)CC2)cc1OC. The van der Waals surface area contributed by atoms with Gasteiger partial charge in [-0.15, -0.1) is 11.3 Å². The van der Waals surface area contributed by atoms with Gasteiger partial charge < -0.3 is 14.4 Å². The van der Waals surface area contributed by atoms with E-state index in [4.69, 9.17) is 14.5 Å². The second kappa shape index (κ2) is 9.99. The van der Waals surface area contributed by atoms with E-state index in [1.807, 2.05) is 34.6 Å². The van der Waals surface area contributed by atoms with E-state index in [1.54, 1.807) is 14.2 Å². The van der Waals surface area contributed by atoms with E-state index in [0.717, 1.165) is 80.3 Å². The number of carbonyl (C=O) groups is 1. The number of methoxy groups -OCH3 is 2. The molecule has 3 aromatic rings. The van der Waals surface area contributed by atoms with Crippen molar-refractivity contribution in [3.05, 3.63) is 50.4 Å². The van der Waals surface area contributed by atoms with Gasteiger partial charge in [-0.1, -0.05) is 12.5 Å². The zero-order chi connectivity index (χ0) is 24.5. The third-order valence-corrected chi connectivity index (χ3v) is 8.29. The molecule has 2 aliphatic heterocycles. The van der Waals surface area contributed by atoms with Crippen molar-refractivity contribution in [1.29, 1.82) is 0 Å². The van der Waals surface area contributed by atoms with Crippen molar-refractivity contribution in [2.75, 3.05) is 40.4 Å². The van der Waals surface area contributed by atoms with Gasteiger partial charge >= 0.3 is 0 Å². The number of carbonyl (C=O) groups excluding carboxylic acids is 1. The Labute approximate surface area is 209 Å². The van der Waals surface area contributed by atoms with Gasteiger partial charge in [-0.3, -0.25) is 19.1 Å². The van der Waals surface area contributed by atoms with Crippen molar-refractivity contribution in [3.8, 4) is 11.5 Å². The van der Waals surface area contributed by atoms with Crippen LogP contribution in [0.2, 0.25) is 0 Å². The van der Waals surface area contributed by atoms with Crippen LogP contribution in [-0.2, 0) is 19.5 Å². The molecule has 1 saturated heterocycles. The zero-order valence-corrected chi connectivity index (χ0v) is 21.4. The van der Waals surface area contributed by atoms with E-state index in [-0.39, 0.29) is 11.5 Å². The largest absolute Gasteiger partial charge is 0.493 e. The number of nitrogens with zero attached hydrogens (tertiary/aromatic N) is 4. The molecule has 0 saturated carbocycles. The van der Waals surface area contributed by atoms with Crippen LogP contribution >= 0.6 is 11.3 Å². The maximum absolute atomic E-state index is 13.4. The van der Waals surface area contributed by atoms with Crippen molar-refractivity contribution in [1.82, 2.24) is 19.4 Å². The van der Waals surface area contributed by atoms with Crippen molar-refractivity contribution in [3.63, 3.8) is 0 Å². The minimum absolute atomic E-state index is 0.0101. The van der Waals surface area contributed by atoms with Crippen LogP contribution in [0.3, 0.4) is 0 Å².